The second kappa shape index (κ2) is 7.15. The first-order valence-corrected chi connectivity index (χ1v) is 8.55. The van der Waals surface area contributed by atoms with Crippen molar-refractivity contribution in [1.29, 1.82) is 0 Å². The molecule has 2 aromatic carbocycles. The van der Waals surface area contributed by atoms with Crippen LogP contribution in [-0.2, 0) is 0 Å². The SMILES string of the molecule is C=CCN=C(NNc1c2ccccc2nc2ccccc12)SC. The molecule has 23 heavy (non-hydrogen) atoms. The van der Waals surface area contributed by atoms with Crippen LogP contribution in [0.5, 0.6) is 0 Å². The number of thioether (sulfide) groups is 1. The largest absolute Gasteiger partial charge is 0.298 e. The number of hydrogen-bond donors (Lipinski definition) is 2. The molecule has 0 saturated carbocycles. The fourth-order valence-electron chi connectivity index (χ4n) is 2.39. The number of para-hydroxylation sites is 2. The van der Waals surface area contributed by atoms with Gasteiger partial charge in [-0.15, -0.1) is 6.58 Å². The molecule has 4 nitrogen and oxygen atoms in total. The number of fused-ring (bicyclic) bond motifs is 2. The molecule has 0 spiro atoms. The van der Waals surface area contributed by atoms with Crippen molar-refractivity contribution < 1.29 is 0 Å². The van der Waals surface area contributed by atoms with Crippen molar-refractivity contribution in [3.05, 3.63) is 61.2 Å². The molecular formula is C18H18N4S. The summed E-state index contributed by atoms with van der Waals surface area (Å²) in [5, 5.41) is 2.96. The van der Waals surface area contributed by atoms with Gasteiger partial charge in [0.1, 0.15) is 0 Å². The fraction of sp³-hybridized carbons (Fsp3) is 0.111. The summed E-state index contributed by atoms with van der Waals surface area (Å²) in [4.78, 5) is 9.13. The molecule has 0 amide bonds. The van der Waals surface area contributed by atoms with Crippen LogP contribution >= 0.6 is 11.8 Å². The number of nitrogens with zero attached hydrogens (tertiary/aromatic N) is 2. The Morgan fingerprint density at radius 3 is 2.30 bits per heavy atom. The molecule has 0 radical (unpaired) electrons. The number of amidine groups is 1. The summed E-state index contributed by atoms with van der Waals surface area (Å²) in [6.45, 7) is 4.28. The summed E-state index contributed by atoms with van der Waals surface area (Å²) in [5.41, 5.74) is 9.44. The van der Waals surface area contributed by atoms with Crippen molar-refractivity contribution in [2.75, 3.05) is 18.2 Å². The molecular weight excluding hydrogens is 304 g/mol. The maximum absolute atomic E-state index is 4.72. The van der Waals surface area contributed by atoms with Crippen LogP contribution in [0.25, 0.3) is 21.8 Å². The molecule has 5 heteroatoms. The van der Waals surface area contributed by atoms with Gasteiger partial charge in [0.2, 0.25) is 0 Å². The Kier molecular flexibility index (Phi) is 4.78. The zero-order valence-corrected chi connectivity index (χ0v) is 13.7. The minimum atomic E-state index is 0.586. The summed E-state index contributed by atoms with van der Waals surface area (Å²) in [5.74, 6) is 0. The number of benzene rings is 2. The van der Waals surface area contributed by atoms with E-state index in [1.165, 1.54) is 0 Å². The van der Waals surface area contributed by atoms with Gasteiger partial charge in [-0.1, -0.05) is 54.2 Å². The van der Waals surface area contributed by atoms with Gasteiger partial charge in [-0.05, 0) is 18.4 Å². The van der Waals surface area contributed by atoms with Gasteiger partial charge in [0, 0.05) is 10.8 Å². The lowest BCUT2D eigenvalue weighted by Crippen LogP contribution is -2.27. The van der Waals surface area contributed by atoms with Crippen molar-refractivity contribution in [2.24, 2.45) is 4.99 Å². The monoisotopic (exact) mass is 322 g/mol. The normalized spacial score (nSPS) is 11.6. The Morgan fingerprint density at radius 1 is 1.13 bits per heavy atom. The second-order valence-electron chi connectivity index (χ2n) is 4.91. The number of pyridine rings is 1. The number of aliphatic imine (C=N–C) groups is 1. The molecule has 0 aliphatic heterocycles. The Morgan fingerprint density at radius 2 is 1.74 bits per heavy atom. The molecule has 1 heterocycles. The minimum absolute atomic E-state index is 0.586. The molecule has 0 unspecified atom stereocenters. The van der Waals surface area contributed by atoms with Gasteiger partial charge in [-0.3, -0.25) is 15.8 Å². The first-order valence-electron chi connectivity index (χ1n) is 7.32. The number of rotatable bonds is 4. The van der Waals surface area contributed by atoms with Gasteiger partial charge in [-0.2, -0.15) is 0 Å². The van der Waals surface area contributed by atoms with Gasteiger partial charge in [0.15, 0.2) is 5.17 Å². The first kappa shape index (κ1) is 15.4. The van der Waals surface area contributed by atoms with Gasteiger partial charge in [0.05, 0.1) is 23.3 Å². The molecule has 0 aliphatic carbocycles. The van der Waals surface area contributed by atoms with E-state index in [2.05, 4.69) is 34.6 Å². The molecule has 0 bridgehead atoms. The van der Waals surface area contributed by atoms with Crippen LogP contribution in [0, 0.1) is 0 Å². The first-order chi connectivity index (χ1) is 11.3. The Balaban J connectivity index is 2.04. The van der Waals surface area contributed by atoms with E-state index >= 15 is 0 Å². The van der Waals surface area contributed by atoms with E-state index in [-0.39, 0.29) is 0 Å². The summed E-state index contributed by atoms with van der Waals surface area (Å²) >= 11 is 1.55. The summed E-state index contributed by atoms with van der Waals surface area (Å²) in [7, 11) is 0. The highest BCUT2D eigenvalue weighted by atomic mass is 32.2. The van der Waals surface area contributed by atoms with Gasteiger partial charge in [0.25, 0.3) is 0 Å². The summed E-state index contributed by atoms with van der Waals surface area (Å²) in [6.07, 6.45) is 3.76. The lowest BCUT2D eigenvalue weighted by Gasteiger charge is -2.15. The van der Waals surface area contributed by atoms with Gasteiger partial charge < -0.3 is 0 Å². The van der Waals surface area contributed by atoms with E-state index in [0.29, 0.717) is 6.54 Å². The van der Waals surface area contributed by atoms with Gasteiger partial charge in [-0.25, -0.2) is 4.98 Å². The highest BCUT2D eigenvalue weighted by Crippen LogP contribution is 2.29. The molecule has 2 N–H and O–H groups in total. The quantitative estimate of drug-likeness (QED) is 0.248. The molecule has 0 saturated heterocycles. The summed E-state index contributed by atoms with van der Waals surface area (Å²) in [6, 6.07) is 16.2. The standard InChI is InChI=1S/C18H18N4S/c1-3-12-19-18(23-2)22-21-17-13-8-4-6-10-15(13)20-16-11-7-5-9-14(16)17/h3-11H,1,12H2,2H3,(H,19,22)(H,20,21). The number of aromatic nitrogens is 1. The van der Waals surface area contributed by atoms with Crippen LogP contribution in [0.15, 0.2) is 66.2 Å². The van der Waals surface area contributed by atoms with Crippen LogP contribution in [-0.4, -0.2) is 23.0 Å². The van der Waals surface area contributed by atoms with Crippen LogP contribution in [0.3, 0.4) is 0 Å². The van der Waals surface area contributed by atoms with E-state index in [1.54, 1.807) is 17.8 Å². The van der Waals surface area contributed by atoms with E-state index in [4.69, 9.17) is 4.98 Å². The highest BCUT2D eigenvalue weighted by Gasteiger charge is 2.08. The van der Waals surface area contributed by atoms with Crippen molar-refractivity contribution in [2.45, 2.75) is 0 Å². The molecule has 1 aromatic heterocycles. The second-order valence-corrected chi connectivity index (χ2v) is 5.70. The lowest BCUT2D eigenvalue weighted by atomic mass is 10.1. The van der Waals surface area contributed by atoms with Gasteiger partial charge >= 0.3 is 0 Å². The zero-order valence-electron chi connectivity index (χ0n) is 12.9. The van der Waals surface area contributed by atoms with E-state index in [9.17, 15) is 0 Å². The highest BCUT2D eigenvalue weighted by molar-refractivity contribution is 8.13. The molecule has 116 valence electrons. The van der Waals surface area contributed by atoms with Crippen molar-refractivity contribution in [1.82, 2.24) is 10.4 Å². The van der Waals surface area contributed by atoms with Crippen molar-refractivity contribution in [3.63, 3.8) is 0 Å². The number of hydrazine groups is 1. The van der Waals surface area contributed by atoms with E-state index in [0.717, 1.165) is 32.7 Å². The molecule has 0 fully saturated rings. The van der Waals surface area contributed by atoms with E-state index in [1.807, 2.05) is 42.7 Å². The van der Waals surface area contributed by atoms with Crippen LogP contribution in [0.2, 0.25) is 0 Å². The molecule has 0 atom stereocenters. The average Bonchev–Trinajstić information content (AvgIpc) is 2.61. The topological polar surface area (TPSA) is 49.3 Å². The number of nitrogens with one attached hydrogen (secondary N) is 2. The number of anilines is 1. The Bertz CT molecular complexity index is 819. The Hall–Kier alpha value is -2.53. The predicted octanol–water partition coefficient (Wildman–Crippen LogP) is 4.21. The number of hydrogen-bond acceptors (Lipinski definition) is 4. The smallest absolute Gasteiger partial charge is 0.175 e. The Labute approximate surface area is 139 Å². The third-order valence-electron chi connectivity index (χ3n) is 3.44. The molecule has 3 rings (SSSR count). The predicted molar refractivity (Wildman–Crippen MR) is 102 cm³/mol. The minimum Gasteiger partial charge on any atom is -0.298 e. The molecule has 0 aliphatic rings. The summed E-state index contributed by atoms with van der Waals surface area (Å²) < 4.78 is 0. The molecule has 3 aromatic rings. The average molecular weight is 322 g/mol. The van der Waals surface area contributed by atoms with Crippen molar-refractivity contribution >= 4 is 44.4 Å². The van der Waals surface area contributed by atoms with Crippen LogP contribution < -0.4 is 10.9 Å². The lowest BCUT2D eigenvalue weighted by molar-refractivity contribution is 1.12. The zero-order chi connectivity index (χ0) is 16.1. The third-order valence-corrected chi connectivity index (χ3v) is 4.06. The third kappa shape index (κ3) is 3.29. The van der Waals surface area contributed by atoms with Crippen LogP contribution in [0.1, 0.15) is 0 Å². The van der Waals surface area contributed by atoms with E-state index < -0.39 is 0 Å². The van der Waals surface area contributed by atoms with Crippen molar-refractivity contribution in [3.8, 4) is 0 Å². The maximum Gasteiger partial charge on any atom is 0.175 e. The maximum atomic E-state index is 4.72. The van der Waals surface area contributed by atoms with Crippen LogP contribution in [0.4, 0.5) is 5.69 Å². The fourth-order valence-corrected chi connectivity index (χ4v) is 2.75.